The third kappa shape index (κ3) is 2.77. The Bertz CT molecular complexity index is 400. The second kappa shape index (κ2) is 5.19. The molecule has 1 atom stereocenters. The molecule has 1 aromatic rings. The summed E-state index contributed by atoms with van der Waals surface area (Å²) < 4.78 is 0. The zero-order chi connectivity index (χ0) is 12.3. The predicted octanol–water partition coefficient (Wildman–Crippen LogP) is 1.50. The van der Waals surface area contributed by atoms with Gasteiger partial charge in [0.15, 0.2) is 0 Å². The quantitative estimate of drug-likeness (QED) is 0.815. The number of phenolic OH excluding ortho intramolecular Hbond substituents is 1. The SMILES string of the molecule is CN(C(=O)[C@H]1CCCCN1)c1cccc(O)c1. The van der Waals surface area contributed by atoms with Crippen LogP contribution in [0.1, 0.15) is 19.3 Å². The third-order valence-electron chi connectivity index (χ3n) is 3.16. The van der Waals surface area contributed by atoms with E-state index in [1.165, 1.54) is 0 Å². The van der Waals surface area contributed by atoms with Gasteiger partial charge in [0, 0.05) is 18.8 Å². The molecule has 1 heterocycles. The first-order valence-corrected chi connectivity index (χ1v) is 5.98. The van der Waals surface area contributed by atoms with Gasteiger partial charge in [-0.2, -0.15) is 0 Å². The Balaban J connectivity index is 2.08. The summed E-state index contributed by atoms with van der Waals surface area (Å²) in [6.07, 6.45) is 3.12. The van der Waals surface area contributed by atoms with Gasteiger partial charge in [-0.3, -0.25) is 4.79 Å². The standard InChI is InChI=1S/C13H18N2O2/c1-15(10-5-4-6-11(16)9-10)13(17)12-7-2-3-8-14-12/h4-6,9,12,14,16H,2-3,7-8H2,1H3/t12-/m1/s1. The molecule has 1 aromatic carbocycles. The number of nitrogens with zero attached hydrogens (tertiary/aromatic N) is 1. The van der Waals surface area contributed by atoms with Crippen molar-refractivity contribution < 1.29 is 9.90 Å². The van der Waals surface area contributed by atoms with Gasteiger partial charge in [-0.25, -0.2) is 0 Å². The summed E-state index contributed by atoms with van der Waals surface area (Å²) in [6, 6.07) is 6.67. The Kier molecular flexibility index (Phi) is 3.64. The molecule has 2 rings (SSSR count). The molecule has 0 aromatic heterocycles. The van der Waals surface area contributed by atoms with Gasteiger partial charge in [0.25, 0.3) is 0 Å². The third-order valence-corrected chi connectivity index (χ3v) is 3.16. The molecule has 0 bridgehead atoms. The number of likely N-dealkylation sites (N-methyl/N-ethyl adjacent to an activating group) is 1. The van der Waals surface area contributed by atoms with Crippen molar-refractivity contribution in [1.82, 2.24) is 5.32 Å². The normalized spacial score (nSPS) is 19.9. The summed E-state index contributed by atoms with van der Waals surface area (Å²) in [5.41, 5.74) is 0.724. The molecule has 1 aliphatic heterocycles. The highest BCUT2D eigenvalue weighted by atomic mass is 16.3. The number of aromatic hydroxyl groups is 1. The number of nitrogens with one attached hydrogen (secondary N) is 1. The minimum absolute atomic E-state index is 0.0651. The van der Waals surface area contributed by atoms with Crippen molar-refractivity contribution >= 4 is 11.6 Å². The van der Waals surface area contributed by atoms with Crippen molar-refractivity contribution in [1.29, 1.82) is 0 Å². The molecule has 1 saturated heterocycles. The van der Waals surface area contributed by atoms with E-state index >= 15 is 0 Å². The fraction of sp³-hybridized carbons (Fsp3) is 0.462. The van der Waals surface area contributed by atoms with E-state index in [0.717, 1.165) is 31.5 Å². The number of anilines is 1. The van der Waals surface area contributed by atoms with Gasteiger partial charge in [-0.05, 0) is 31.5 Å². The van der Waals surface area contributed by atoms with Crippen molar-refractivity contribution in [2.75, 3.05) is 18.5 Å². The first-order valence-electron chi connectivity index (χ1n) is 5.98. The highest BCUT2D eigenvalue weighted by molar-refractivity contribution is 5.96. The first kappa shape index (κ1) is 11.9. The lowest BCUT2D eigenvalue weighted by Gasteiger charge is -2.27. The van der Waals surface area contributed by atoms with Crippen molar-refractivity contribution in [3.63, 3.8) is 0 Å². The van der Waals surface area contributed by atoms with Crippen LogP contribution in [-0.4, -0.2) is 30.6 Å². The van der Waals surface area contributed by atoms with E-state index in [-0.39, 0.29) is 17.7 Å². The topological polar surface area (TPSA) is 52.6 Å². The van der Waals surface area contributed by atoms with Crippen LogP contribution in [0.15, 0.2) is 24.3 Å². The van der Waals surface area contributed by atoms with Crippen molar-refractivity contribution in [2.45, 2.75) is 25.3 Å². The van der Waals surface area contributed by atoms with Crippen LogP contribution in [0.25, 0.3) is 0 Å². The lowest BCUT2D eigenvalue weighted by Crippen LogP contribution is -2.47. The van der Waals surface area contributed by atoms with Gasteiger partial charge in [0.2, 0.25) is 5.91 Å². The number of hydrogen-bond donors (Lipinski definition) is 2. The smallest absolute Gasteiger partial charge is 0.243 e. The first-order chi connectivity index (χ1) is 8.18. The maximum atomic E-state index is 12.2. The number of phenols is 1. The van der Waals surface area contributed by atoms with Gasteiger partial charge < -0.3 is 15.3 Å². The number of amides is 1. The Morgan fingerprint density at radius 3 is 2.94 bits per heavy atom. The molecule has 0 radical (unpaired) electrons. The zero-order valence-electron chi connectivity index (χ0n) is 10.0. The fourth-order valence-corrected chi connectivity index (χ4v) is 2.13. The van der Waals surface area contributed by atoms with Gasteiger partial charge >= 0.3 is 0 Å². The summed E-state index contributed by atoms with van der Waals surface area (Å²) >= 11 is 0. The van der Waals surface area contributed by atoms with Gasteiger partial charge in [-0.1, -0.05) is 12.5 Å². The maximum Gasteiger partial charge on any atom is 0.243 e. The molecule has 2 N–H and O–H groups in total. The van der Waals surface area contributed by atoms with Crippen LogP contribution in [0.4, 0.5) is 5.69 Å². The molecule has 17 heavy (non-hydrogen) atoms. The highest BCUT2D eigenvalue weighted by Gasteiger charge is 2.24. The molecule has 4 nitrogen and oxygen atoms in total. The summed E-state index contributed by atoms with van der Waals surface area (Å²) in [6.45, 7) is 0.907. The van der Waals surface area contributed by atoms with Crippen molar-refractivity contribution in [3.8, 4) is 5.75 Å². The molecule has 1 amide bonds. The maximum absolute atomic E-state index is 12.2. The number of benzene rings is 1. The lowest BCUT2D eigenvalue weighted by atomic mass is 10.0. The van der Waals surface area contributed by atoms with Gasteiger partial charge in [0.05, 0.1) is 6.04 Å². The fourth-order valence-electron chi connectivity index (χ4n) is 2.13. The molecule has 1 aliphatic rings. The molecular weight excluding hydrogens is 216 g/mol. The largest absolute Gasteiger partial charge is 0.508 e. The summed E-state index contributed by atoms with van der Waals surface area (Å²) in [5, 5.41) is 12.6. The van der Waals surface area contributed by atoms with E-state index in [9.17, 15) is 9.90 Å². The molecule has 0 aliphatic carbocycles. The minimum atomic E-state index is -0.0869. The zero-order valence-corrected chi connectivity index (χ0v) is 10.0. The lowest BCUT2D eigenvalue weighted by molar-refractivity contribution is -0.120. The molecule has 0 saturated carbocycles. The van der Waals surface area contributed by atoms with Crippen LogP contribution in [0.5, 0.6) is 5.75 Å². The Morgan fingerprint density at radius 2 is 2.29 bits per heavy atom. The summed E-state index contributed by atoms with van der Waals surface area (Å²) in [4.78, 5) is 13.8. The van der Waals surface area contributed by atoms with E-state index in [4.69, 9.17) is 0 Å². The monoisotopic (exact) mass is 234 g/mol. The summed E-state index contributed by atoms with van der Waals surface area (Å²) in [5.74, 6) is 0.244. The van der Waals surface area contributed by atoms with E-state index in [0.29, 0.717) is 0 Å². The Labute approximate surface area is 101 Å². The van der Waals surface area contributed by atoms with Crippen LogP contribution in [0, 0.1) is 0 Å². The van der Waals surface area contributed by atoms with Crippen LogP contribution in [-0.2, 0) is 4.79 Å². The Hall–Kier alpha value is -1.55. The van der Waals surface area contributed by atoms with E-state index < -0.39 is 0 Å². The van der Waals surface area contributed by atoms with E-state index in [1.54, 1.807) is 30.1 Å². The number of hydrogen-bond acceptors (Lipinski definition) is 3. The molecule has 92 valence electrons. The van der Waals surface area contributed by atoms with Crippen molar-refractivity contribution in [3.05, 3.63) is 24.3 Å². The number of carbonyl (C=O) groups excluding carboxylic acids is 1. The summed E-state index contributed by atoms with van der Waals surface area (Å²) in [7, 11) is 1.74. The van der Waals surface area contributed by atoms with E-state index in [2.05, 4.69) is 5.32 Å². The second-order valence-corrected chi connectivity index (χ2v) is 4.42. The van der Waals surface area contributed by atoms with Crippen LogP contribution < -0.4 is 10.2 Å². The van der Waals surface area contributed by atoms with Gasteiger partial charge in [0.1, 0.15) is 5.75 Å². The van der Waals surface area contributed by atoms with Crippen LogP contribution in [0.2, 0.25) is 0 Å². The van der Waals surface area contributed by atoms with Crippen molar-refractivity contribution in [2.24, 2.45) is 0 Å². The molecule has 4 heteroatoms. The minimum Gasteiger partial charge on any atom is -0.508 e. The molecule has 0 spiro atoms. The highest BCUT2D eigenvalue weighted by Crippen LogP contribution is 2.20. The average molecular weight is 234 g/mol. The molecule has 0 unspecified atom stereocenters. The Morgan fingerprint density at radius 1 is 1.47 bits per heavy atom. The number of piperidine rings is 1. The van der Waals surface area contributed by atoms with E-state index in [1.807, 2.05) is 6.07 Å². The average Bonchev–Trinajstić information content (AvgIpc) is 2.38. The van der Waals surface area contributed by atoms with Crippen LogP contribution >= 0.6 is 0 Å². The number of carbonyl (C=O) groups is 1. The second-order valence-electron chi connectivity index (χ2n) is 4.42. The number of rotatable bonds is 2. The molecule has 1 fully saturated rings. The predicted molar refractivity (Wildman–Crippen MR) is 67.2 cm³/mol. The van der Waals surface area contributed by atoms with Crippen LogP contribution in [0.3, 0.4) is 0 Å². The molecular formula is C13H18N2O2. The van der Waals surface area contributed by atoms with Gasteiger partial charge in [-0.15, -0.1) is 0 Å².